The molecule has 10 nitrogen and oxygen atoms in total. The lowest BCUT2D eigenvalue weighted by Gasteiger charge is -2.14. The first kappa shape index (κ1) is 17.5. The first-order chi connectivity index (χ1) is 13.3. The van der Waals surface area contributed by atoms with Gasteiger partial charge in [0, 0.05) is 24.5 Å². The lowest BCUT2D eigenvalue weighted by atomic mass is 10.1. The molecule has 1 heterocycles. The zero-order chi connectivity index (χ0) is 20.0. The second-order valence-corrected chi connectivity index (χ2v) is 6.39. The van der Waals surface area contributed by atoms with Crippen LogP contribution < -0.4 is 15.9 Å². The van der Waals surface area contributed by atoms with Gasteiger partial charge in [-0.1, -0.05) is 12.1 Å². The summed E-state index contributed by atoms with van der Waals surface area (Å²) in [6.45, 7) is 0. The topological polar surface area (TPSA) is 155 Å². The Labute approximate surface area is 155 Å². The number of carboxylic acid groups (broad SMARTS) is 1. The second kappa shape index (κ2) is 6.34. The molecule has 0 radical (unpaired) electrons. The first-order valence-electron chi connectivity index (χ1n) is 8.29. The molecular weight excluding hydrogens is 370 g/mol. The predicted octanol–water partition coefficient (Wildman–Crippen LogP) is 1.37. The Kier molecular flexibility index (Phi) is 3.95. The number of rotatable bonds is 4. The summed E-state index contributed by atoms with van der Waals surface area (Å²) in [5, 5.41) is 20.8. The molecule has 2 aromatic carbocycles. The van der Waals surface area contributed by atoms with E-state index in [2.05, 4.69) is 9.97 Å². The van der Waals surface area contributed by atoms with Crippen LogP contribution in [0.3, 0.4) is 0 Å². The van der Waals surface area contributed by atoms with E-state index in [1.165, 1.54) is 18.2 Å². The molecule has 10 heteroatoms. The third kappa shape index (κ3) is 2.80. The molecule has 0 amide bonds. The summed E-state index contributed by atoms with van der Waals surface area (Å²) < 4.78 is 5.82. The molecule has 1 aliphatic rings. The van der Waals surface area contributed by atoms with Gasteiger partial charge in [-0.15, -0.1) is 0 Å². The summed E-state index contributed by atoms with van der Waals surface area (Å²) >= 11 is 0. The number of para-hydroxylation sites is 1. The molecule has 1 unspecified atom stereocenters. The highest BCUT2D eigenvalue weighted by molar-refractivity contribution is 5.90. The second-order valence-electron chi connectivity index (χ2n) is 6.39. The van der Waals surface area contributed by atoms with Gasteiger partial charge in [-0.2, -0.15) is 0 Å². The quantitative estimate of drug-likeness (QED) is 0.349. The molecule has 3 aromatic rings. The van der Waals surface area contributed by atoms with Crippen LogP contribution in [0.25, 0.3) is 11.0 Å². The Morgan fingerprint density at radius 3 is 2.54 bits per heavy atom. The van der Waals surface area contributed by atoms with Crippen molar-refractivity contribution in [3.05, 3.63) is 77.8 Å². The highest BCUT2D eigenvalue weighted by Crippen LogP contribution is 2.36. The summed E-state index contributed by atoms with van der Waals surface area (Å²) in [6, 6.07) is 7.32. The van der Waals surface area contributed by atoms with Crippen LogP contribution in [0.5, 0.6) is 5.75 Å². The molecule has 0 saturated heterocycles. The zero-order valence-electron chi connectivity index (χ0n) is 14.2. The summed E-state index contributed by atoms with van der Waals surface area (Å²) in [6.07, 6.45) is -0.185. The van der Waals surface area contributed by atoms with Crippen LogP contribution in [0.2, 0.25) is 0 Å². The van der Waals surface area contributed by atoms with Crippen molar-refractivity contribution in [2.45, 2.75) is 18.9 Å². The number of aromatic nitrogens is 2. The first-order valence-corrected chi connectivity index (χ1v) is 8.29. The molecule has 1 aromatic heterocycles. The molecule has 0 bridgehead atoms. The van der Waals surface area contributed by atoms with Crippen molar-refractivity contribution < 1.29 is 19.6 Å². The fraction of sp³-hybridized carbons (Fsp3) is 0.167. The Morgan fingerprint density at radius 2 is 1.82 bits per heavy atom. The van der Waals surface area contributed by atoms with Crippen molar-refractivity contribution in [1.82, 2.24) is 9.97 Å². The van der Waals surface area contributed by atoms with Gasteiger partial charge in [0.25, 0.3) is 5.69 Å². The molecule has 0 spiro atoms. The van der Waals surface area contributed by atoms with Crippen molar-refractivity contribution in [3.63, 3.8) is 0 Å². The largest absolute Gasteiger partial charge is 0.489 e. The summed E-state index contributed by atoms with van der Waals surface area (Å²) in [7, 11) is 0. The average Bonchev–Trinajstić information content (AvgIpc) is 3.06. The average molecular weight is 383 g/mol. The van der Waals surface area contributed by atoms with Crippen molar-refractivity contribution in [1.29, 1.82) is 0 Å². The van der Waals surface area contributed by atoms with Crippen LogP contribution in [0, 0.1) is 10.1 Å². The van der Waals surface area contributed by atoms with E-state index >= 15 is 0 Å². The van der Waals surface area contributed by atoms with Crippen LogP contribution in [0.1, 0.15) is 21.5 Å². The minimum absolute atomic E-state index is 0.0180. The van der Waals surface area contributed by atoms with E-state index in [0.717, 1.165) is 0 Å². The molecule has 1 atom stereocenters. The van der Waals surface area contributed by atoms with Gasteiger partial charge in [0.15, 0.2) is 0 Å². The number of aromatic carboxylic acids is 1. The van der Waals surface area contributed by atoms with Gasteiger partial charge in [0.2, 0.25) is 0 Å². The van der Waals surface area contributed by atoms with Gasteiger partial charge >= 0.3 is 17.1 Å². The molecule has 0 aliphatic heterocycles. The third-order valence-electron chi connectivity index (χ3n) is 4.69. The van der Waals surface area contributed by atoms with E-state index in [1.807, 2.05) is 0 Å². The molecule has 0 saturated carbocycles. The smallest absolute Gasteiger partial charge is 0.339 e. The summed E-state index contributed by atoms with van der Waals surface area (Å²) in [5.41, 5.74) is -0.622. The number of nitro groups is 1. The highest BCUT2D eigenvalue weighted by atomic mass is 16.6. The Hall–Kier alpha value is -3.95. The number of hydrogen-bond acceptors (Lipinski definition) is 6. The number of benzene rings is 2. The summed E-state index contributed by atoms with van der Waals surface area (Å²) in [4.78, 5) is 50.4. The van der Waals surface area contributed by atoms with E-state index in [1.54, 1.807) is 12.1 Å². The molecular formula is C18H13N3O7. The number of ether oxygens (including phenoxy) is 1. The van der Waals surface area contributed by atoms with Gasteiger partial charge in [-0.05, 0) is 17.7 Å². The van der Waals surface area contributed by atoms with Crippen molar-refractivity contribution in [3.8, 4) is 5.75 Å². The van der Waals surface area contributed by atoms with Gasteiger partial charge in [0.05, 0.1) is 16.0 Å². The fourth-order valence-electron chi connectivity index (χ4n) is 3.51. The fourth-order valence-corrected chi connectivity index (χ4v) is 3.51. The van der Waals surface area contributed by atoms with Crippen molar-refractivity contribution >= 4 is 22.7 Å². The van der Waals surface area contributed by atoms with Gasteiger partial charge in [0.1, 0.15) is 17.4 Å². The zero-order valence-corrected chi connectivity index (χ0v) is 14.2. The lowest BCUT2D eigenvalue weighted by molar-refractivity contribution is -0.385. The highest BCUT2D eigenvalue weighted by Gasteiger charge is 2.33. The number of H-pyrrole nitrogens is 2. The monoisotopic (exact) mass is 383 g/mol. The van der Waals surface area contributed by atoms with Crippen LogP contribution >= 0.6 is 0 Å². The van der Waals surface area contributed by atoms with Gasteiger partial charge in [-0.3, -0.25) is 19.7 Å². The number of nitrogens with one attached hydrogen (secondary N) is 2. The number of hydrogen-bond donors (Lipinski definition) is 3. The minimum Gasteiger partial charge on any atom is -0.489 e. The molecule has 142 valence electrons. The van der Waals surface area contributed by atoms with Crippen molar-refractivity contribution in [2.24, 2.45) is 0 Å². The van der Waals surface area contributed by atoms with E-state index in [0.29, 0.717) is 16.6 Å². The number of carboxylic acids is 1. The standard InChI is InChI=1S/C18H13N3O7/c22-16-17(23)20-15-11-6-8(28-14-4-2-1-3-9(14)18(24)25)5-10(11)13(21(26)27)7-12(15)19-16/h1-4,7-8H,5-6H2,(H,19,22)(H,20,23)(H,24,25). The normalized spacial score (nSPS) is 15.4. The summed E-state index contributed by atoms with van der Waals surface area (Å²) in [5.74, 6) is -0.994. The Balaban J connectivity index is 1.80. The maximum atomic E-state index is 11.7. The molecule has 3 N–H and O–H groups in total. The number of fused-ring (bicyclic) bond motifs is 3. The lowest BCUT2D eigenvalue weighted by Crippen LogP contribution is -2.29. The van der Waals surface area contributed by atoms with E-state index in [9.17, 15) is 29.6 Å². The molecule has 4 rings (SSSR count). The van der Waals surface area contributed by atoms with Crippen LogP contribution in [0.4, 0.5) is 5.69 Å². The van der Waals surface area contributed by atoms with Gasteiger partial charge in [-0.25, -0.2) is 4.79 Å². The van der Waals surface area contributed by atoms with Gasteiger partial charge < -0.3 is 19.8 Å². The molecule has 0 fully saturated rings. The Bertz CT molecular complexity index is 1260. The SMILES string of the molecule is O=C(O)c1ccccc1OC1Cc2c([N+](=O)[O-])cc3[nH]c(=O)c(=O)[nH]c3c2C1. The number of carbonyl (C=O) groups is 1. The number of nitrogens with zero attached hydrogens (tertiary/aromatic N) is 1. The third-order valence-corrected chi connectivity index (χ3v) is 4.69. The van der Waals surface area contributed by atoms with Crippen LogP contribution in [0.15, 0.2) is 39.9 Å². The number of aromatic amines is 2. The molecule has 1 aliphatic carbocycles. The van der Waals surface area contributed by atoms with E-state index in [4.69, 9.17) is 4.74 Å². The van der Waals surface area contributed by atoms with E-state index in [-0.39, 0.29) is 35.4 Å². The Morgan fingerprint density at radius 1 is 1.14 bits per heavy atom. The predicted molar refractivity (Wildman–Crippen MR) is 97.1 cm³/mol. The van der Waals surface area contributed by atoms with Crippen molar-refractivity contribution in [2.75, 3.05) is 0 Å². The minimum atomic E-state index is -1.15. The van der Waals surface area contributed by atoms with E-state index < -0.39 is 28.1 Å². The van der Waals surface area contributed by atoms with Crippen LogP contribution in [-0.2, 0) is 12.8 Å². The maximum Gasteiger partial charge on any atom is 0.339 e. The van der Waals surface area contributed by atoms with Crippen LogP contribution in [-0.4, -0.2) is 32.1 Å². The maximum absolute atomic E-state index is 11.7. The molecule has 28 heavy (non-hydrogen) atoms. The number of nitro benzene ring substituents is 1.